The minimum Gasteiger partial charge on any atom is -0.382 e. The Bertz CT molecular complexity index is 1040. The van der Waals surface area contributed by atoms with Crippen LogP contribution in [0.15, 0.2) is 24.3 Å². The largest absolute Gasteiger partial charge is 0.403 e. The lowest BCUT2D eigenvalue weighted by Gasteiger charge is -2.38. The Hall–Kier alpha value is -3.04. The highest BCUT2D eigenvalue weighted by atomic mass is 32.1. The van der Waals surface area contributed by atoms with Crippen molar-refractivity contribution < 1.29 is 27.5 Å². The summed E-state index contributed by atoms with van der Waals surface area (Å²) < 4.78 is 46.5. The molecule has 34 heavy (non-hydrogen) atoms. The van der Waals surface area contributed by atoms with Crippen LogP contribution in [0.4, 0.5) is 18.3 Å². The van der Waals surface area contributed by atoms with Gasteiger partial charge in [0.25, 0.3) is 5.91 Å². The first-order valence-corrected chi connectivity index (χ1v) is 11.5. The van der Waals surface area contributed by atoms with E-state index in [4.69, 9.17) is 10.00 Å². The summed E-state index contributed by atoms with van der Waals surface area (Å²) in [5, 5.41) is 22.3. The van der Waals surface area contributed by atoms with Gasteiger partial charge in [-0.3, -0.25) is 14.9 Å². The number of carbonyl (C=O) groups is 2. The molecular formula is C22H24F3N5O3S. The van der Waals surface area contributed by atoms with Gasteiger partial charge in [0.15, 0.2) is 0 Å². The van der Waals surface area contributed by atoms with Crippen molar-refractivity contribution in [3.05, 3.63) is 40.4 Å². The average molecular weight is 496 g/mol. The number of hydrogen-bond acceptors (Lipinski definition) is 7. The van der Waals surface area contributed by atoms with E-state index in [1.54, 1.807) is 24.3 Å². The number of halogens is 3. The van der Waals surface area contributed by atoms with E-state index in [1.165, 1.54) is 7.11 Å². The van der Waals surface area contributed by atoms with Crippen LogP contribution in [0.5, 0.6) is 0 Å². The van der Waals surface area contributed by atoms with Gasteiger partial charge in [-0.25, -0.2) is 0 Å². The number of hydrogen-bond donors (Lipinski definition) is 2. The molecule has 0 unspecified atom stereocenters. The zero-order chi connectivity index (χ0) is 24.8. The van der Waals surface area contributed by atoms with E-state index in [2.05, 4.69) is 20.8 Å². The molecule has 12 heteroatoms. The third kappa shape index (κ3) is 5.90. The van der Waals surface area contributed by atoms with Gasteiger partial charge in [-0.2, -0.15) is 18.4 Å². The Balaban J connectivity index is 1.66. The van der Waals surface area contributed by atoms with Gasteiger partial charge in [0.2, 0.25) is 11.0 Å². The molecule has 1 heterocycles. The molecule has 1 saturated carbocycles. The fraction of sp³-hybridized carbons (Fsp3) is 0.500. The van der Waals surface area contributed by atoms with E-state index in [1.807, 2.05) is 6.07 Å². The number of nitrogens with one attached hydrogen (secondary N) is 2. The zero-order valence-electron chi connectivity index (χ0n) is 18.4. The second-order valence-corrected chi connectivity index (χ2v) is 9.16. The van der Waals surface area contributed by atoms with Crippen LogP contribution in [0.1, 0.15) is 48.2 Å². The number of rotatable bonds is 8. The van der Waals surface area contributed by atoms with Crippen LogP contribution < -0.4 is 10.6 Å². The van der Waals surface area contributed by atoms with Crippen LogP contribution in [0.3, 0.4) is 0 Å². The maximum Gasteiger partial charge on any atom is 0.403 e. The van der Waals surface area contributed by atoms with Crippen molar-refractivity contribution in [3.63, 3.8) is 0 Å². The molecule has 1 aromatic carbocycles. The number of nitrogens with zero attached hydrogens (tertiary/aromatic N) is 3. The van der Waals surface area contributed by atoms with Crippen molar-refractivity contribution >= 4 is 28.3 Å². The van der Waals surface area contributed by atoms with Crippen molar-refractivity contribution in [2.24, 2.45) is 5.41 Å². The third-order valence-electron chi connectivity index (χ3n) is 5.77. The molecule has 0 spiro atoms. The normalized spacial score (nSPS) is 16.3. The molecule has 0 bridgehead atoms. The molecule has 3 rings (SSSR count). The summed E-state index contributed by atoms with van der Waals surface area (Å²) in [4.78, 5) is 25.5. The first-order chi connectivity index (χ1) is 16.2. The minimum atomic E-state index is -4.72. The molecular weight excluding hydrogens is 471 g/mol. The van der Waals surface area contributed by atoms with E-state index in [0.29, 0.717) is 36.3 Å². The summed E-state index contributed by atoms with van der Waals surface area (Å²) in [6.07, 6.45) is -3.69. The van der Waals surface area contributed by atoms with Gasteiger partial charge < -0.3 is 10.1 Å². The molecule has 1 aliphatic carbocycles. The molecule has 0 aliphatic heterocycles. The molecule has 2 amide bonds. The van der Waals surface area contributed by atoms with Crippen molar-refractivity contribution in [2.75, 3.05) is 19.0 Å². The number of anilines is 1. The number of alkyl halides is 3. The molecule has 182 valence electrons. The highest BCUT2D eigenvalue weighted by molar-refractivity contribution is 7.15. The number of nitriles is 1. The summed E-state index contributed by atoms with van der Waals surface area (Å²) in [5.74, 6) is -1.96. The standard InChI is InChI=1S/C22H24F3N5O3S/c1-33-13-16(27-19(32)21(22(23,24)25)9-3-2-4-10-21)18(31)28-20-30-29-17(34-20)11-14-5-7-15(12-26)8-6-14/h5-8,16H,2-4,9-11,13H2,1H3,(H,27,32)(H,28,30,31)/t16-/m1/s1. The molecule has 8 nitrogen and oxygen atoms in total. The van der Waals surface area contributed by atoms with Crippen molar-refractivity contribution in [1.29, 1.82) is 5.26 Å². The molecule has 0 saturated heterocycles. The second-order valence-electron chi connectivity index (χ2n) is 8.10. The first kappa shape index (κ1) is 25.6. The maximum atomic E-state index is 13.8. The summed E-state index contributed by atoms with van der Waals surface area (Å²) >= 11 is 1.10. The number of benzene rings is 1. The van der Waals surface area contributed by atoms with Crippen molar-refractivity contribution in [3.8, 4) is 6.07 Å². The summed E-state index contributed by atoms with van der Waals surface area (Å²) in [7, 11) is 1.28. The van der Waals surface area contributed by atoms with Crippen LogP contribution in [0.2, 0.25) is 0 Å². The average Bonchev–Trinajstić information content (AvgIpc) is 3.25. The fourth-order valence-electron chi connectivity index (χ4n) is 3.88. The predicted molar refractivity (Wildman–Crippen MR) is 118 cm³/mol. The summed E-state index contributed by atoms with van der Waals surface area (Å²) in [5.41, 5.74) is -1.09. The van der Waals surface area contributed by atoms with Crippen LogP contribution in [-0.2, 0) is 20.7 Å². The molecule has 2 N–H and O–H groups in total. The van der Waals surface area contributed by atoms with Gasteiger partial charge in [0.1, 0.15) is 16.5 Å². The highest BCUT2D eigenvalue weighted by Gasteiger charge is 2.60. The van der Waals surface area contributed by atoms with Crippen molar-refractivity contribution in [2.45, 2.75) is 50.7 Å². The van der Waals surface area contributed by atoms with E-state index in [0.717, 1.165) is 16.9 Å². The van der Waals surface area contributed by atoms with Gasteiger partial charge in [-0.15, -0.1) is 10.2 Å². The van der Waals surface area contributed by atoms with E-state index < -0.39 is 29.4 Å². The fourth-order valence-corrected chi connectivity index (χ4v) is 4.66. The Morgan fingerprint density at radius 1 is 1.21 bits per heavy atom. The minimum absolute atomic E-state index is 0.146. The van der Waals surface area contributed by atoms with Gasteiger partial charge in [-0.1, -0.05) is 42.7 Å². The zero-order valence-corrected chi connectivity index (χ0v) is 19.3. The predicted octanol–water partition coefficient (Wildman–Crippen LogP) is 3.58. The number of amides is 2. The lowest BCUT2D eigenvalue weighted by molar-refractivity contribution is -0.230. The van der Waals surface area contributed by atoms with Crippen LogP contribution in [0.25, 0.3) is 0 Å². The third-order valence-corrected chi connectivity index (χ3v) is 6.61. The molecule has 1 aromatic heterocycles. The molecule has 2 aromatic rings. The molecule has 0 radical (unpaired) electrons. The number of ether oxygens (including phenoxy) is 1. The molecule has 1 aliphatic rings. The monoisotopic (exact) mass is 495 g/mol. The second kappa shape index (κ2) is 10.9. The van der Waals surface area contributed by atoms with E-state index in [9.17, 15) is 22.8 Å². The maximum absolute atomic E-state index is 13.8. The Morgan fingerprint density at radius 3 is 2.47 bits per heavy atom. The lowest BCUT2D eigenvalue weighted by atomic mass is 9.72. The van der Waals surface area contributed by atoms with E-state index >= 15 is 0 Å². The Morgan fingerprint density at radius 2 is 1.88 bits per heavy atom. The number of methoxy groups -OCH3 is 1. The SMILES string of the molecule is COC[C@@H](NC(=O)C1(C(F)(F)F)CCCCC1)C(=O)Nc1nnc(Cc2ccc(C#N)cc2)s1. The first-order valence-electron chi connectivity index (χ1n) is 10.7. The van der Waals surface area contributed by atoms with Gasteiger partial charge in [-0.05, 0) is 30.5 Å². The van der Waals surface area contributed by atoms with Gasteiger partial charge in [0, 0.05) is 13.5 Å². The smallest absolute Gasteiger partial charge is 0.382 e. The summed E-state index contributed by atoms with van der Waals surface area (Å²) in [6.45, 7) is -0.303. The molecule has 1 fully saturated rings. The topological polar surface area (TPSA) is 117 Å². The molecule has 1 atom stereocenters. The van der Waals surface area contributed by atoms with Crippen LogP contribution in [0, 0.1) is 16.7 Å². The van der Waals surface area contributed by atoms with Gasteiger partial charge >= 0.3 is 6.18 Å². The van der Waals surface area contributed by atoms with Gasteiger partial charge in [0.05, 0.1) is 18.2 Å². The highest BCUT2D eigenvalue weighted by Crippen LogP contribution is 2.49. The van der Waals surface area contributed by atoms with Crippen molar-refractivity contribution in [1.82, 2.24) is 15.5 Å². The Kier molecular flexibility index (Phi) is 8.22. The van der Waals surface area contributed by atoms with E-state index in [-0.39, 0.29) is 24.6 Å². The lowest BCUT2D eigenvalue weighted by Crippen LogP contribution is -2.57. The number of aromatic nitrogens is 2. The van der Waals surface area contributed by atoms with Crippen LogP contribution >= 0.6 is 11.3 Å². The number of carbonyl (C=O) groups excluding carboxylic acids is 2. The Labute approximate surface area is 198 Å². The summed E-state index contributed by atoms with van der Waals surface area (Å²) in [6, 6.07) is 7.62. The quantitative estimate of drug-likeness (QED) is 0.578. The van der Waals surface area contributed by atoms with Crippen LogP contribution in [-0.4, -0.2) is 47.9 Å².